The van der Waals surface area contributed by atoms with Gasteiger partial charge in [0.2, 0.25) is 0 Å². The average molecular weight is 364 g/mol. The first-order chi connectivity index (χ1) is 9.58. The number of aliphatic hydroxyl groups excluding tert-OH is 1. The molecule has 0 aromatic heterocycles. The molecule has 1 fully saturated rings. The monoisotopic (exact) mass is 363 g/mol. The van der Waals surface area contributed by atoms with Gasteiger partial charge in [0, 0.05) is 6.42 Å². The van der Waals surface area contributed by atoms with Gasteiger partial charge in [0.05, 0.1) is 20.6 Å². The van der Waals surface area contributed by atoms with Crippen molar-refractivity contribution in [1.29, 1.82) is 0 Å². The van der Waals surface area contributed by atoms with Crippen LogP contribution in [0.1, 0.15) is 84.0 Å². The largest absolute Gasteiger partial charge is 1.00 e. The second-order valence-corrected chi connectivity index (χ2v) is 7.40. The molecular weight excluding hydrogens is 326 g/mol. The molecular formula is C18H38BrNO. The lowest BCUT2D eigenvalue weighted by Crippen LogP contribution is -3.00. The van der Waals surface area contributed by atoms with Crippen LogP contribution in [-0.2, 0) is 0 Å². The summed E-state index contributed by atoms with van der Waals surface area (Å²) in [5.41, 5.74) is 0. The van der Waals surface area contributed by atoms with Crippen molar-refractivity contribution < 1.29 is 26.6 Å². The third kappa shape index (κ3) is 8.56. The molecule has 0 spiro atoms. The van der Waals surface area contributed by atoms with Crippen LogP contribution in [0.15, 0.2) is 0 Å². The third-order valence-corrected chi connectivity index (χ3v) is 5.18. The number of aliphatic hydroxyl groups is 1. The van der Waals surface area contributed by atoms with Crippen LogP contribution in [0.5, 0.6) is 0 Å². The van der Waals surface area contributed by atoms with Gasteiger partial charge in [-0.15, -0.1) is 0 Å². The molecule has 21 heavy (non-hydrogen) atoms. The Morgan fingerprint density at radius 1 is 0.857 bits per heavy atom. The Kier molecular flexibility index (Phi) is 12.1. The Bertz CT molecular complexity index is 245. The van der Waals surface area contributed by atoms with E-state index in [4.69, 9.17) is 0 Å². The lowest BCUT2D eigenvalue weighted by Gasteiger charge is -2.42. The maximum atomic E-state index is 10.2. The molecule has 1 aliphatic rings. The lowest BCUT2D eigenvalue weighted by atomic mass is 9.90. The second kappa shape index (κ2) is 11.9. The van der Waals surface area contributed by atoms with Crippen LogP contribution < -0.4 is 17.0 Å². The number of halogens is 1. The molecule has 1 aliphatic carbocycles. The van der Waals surface area contributed by atoms with Crippen molar-refractivity contribution in [1.82, 2.24) is 0 Å². The summed E-state index contributed by atoms with van der Waals surface area (Å²) in [6.07, 6.45) is 15.8. The standard InChI is InChI=1S/C18H38NO.BrH/c1-4-5-6-7-8-9-10-13-16-19(2,3)17-14-11-12-15-18(17)20;/h17-18,20H,4-16H2,1-3H3;1H/q+1;/p-1. The highest BCUT2D eigenvalue weighted by molar-refractivity contribution is 4.75. The molecule has 0 aromatic carbocycles. The van der Waals surface area contributed by atoms with Crippen molar-refractivity contribution in [3.05, 3.63) is 0 Å². The van der Waals surface area contributed by atoms with Gasteiger partial charge in [-0.05, 0) is 25.7 Å². The minimum atomic E-state index is -0.0622. The molecule has 0 heterocycles. The summed E-state index contributed by atoms with van der Waals surface area (Å²) in [5, 5.41) is 10.2. The molecule has 0 aliphatic heterocycles. The fourth-order valence-electron chi connectivity index (χ4n) is 3.73. The summed E-state index contributed by atoms with van der Waals surface area (Å²) < 4.78 is 1.02. The van der Waals surface area contributed by atoms with Crippen LogP contribution in [0, 0.1) is 0 Å². The first kappa shape index (κ1) is 21.4. The van der Waals surface area contributed by atoms with Gasteiger partial charge in [-0.25, -0.2) is 0 Å². The Hall–Kier alpha value is 0.400. The van der Waals surface area contributed by atoms with Crippen LogP contribution in [-0.4, -0.2) is 42.4 Å². The maximum Gasteiger partial charge on any atom is 0.115 e. The van der Waals surface area contributed by atoms with Crippen LogP contribution >= 0.6 is 0 Å². The molecule has 1 rings (SSSR count). The highest BCUT2D eigenvalue weighted by Crippen LogP contribution is 2.26. The smallest absolute Gasteiger partial charge is 0.115 e. The van der Waals surface area contributed by atoms with Crippen molar-refractivity contribution in [3.8, 4) is 0 Å². The van der Waals surface area contributed by atoms with Crippen molar-refractivity contribution in [2.45, 2.75) is 96.1 Å². The summed E-state index contributed by atoms with van der Waals surface area (Å²) in [6, 6.07) is 0.480. The maximum absolute atomic E-state index is 10.2. The zero-order valence-electron chi connectivity index (χ0n) is 14.6. The van der Waals surface area contributed by atoms with Crippen molar-refractivity contribution >= 4 is 0 Å². The molecule has 0 radical (unpaired) electrons. The minimum absolute atomic E-state index is 0. The van der Waals surface area contributed by atoms with Crippen LogP contribution in [0.2, 0.25) is 0 Å². The summed E-state index contributed by atoms with van der Waals surface area (Å²) in [4.78, 5) is 0. The number of hydrogen-bond donors (Lipinski definition) is 1. The molecule has 1 saturated carbocycles. The number of nitrogens with zero attached hydrogens (tertiary/aromatic N) is 1. The number of unbranched alkanes of at least 4 members (excludes halogenated alkanes) is 7. The van der Waals surface area contributed by atoms with Gasteiger partial charge in [-0.1, -0.05) is 51.9 Å². The van der Waals surface area contributed by atoms with Crippen molar-refractivity contribution in [2.24, 2.45) is 0 Å². The molecule has 2 atom stereocenters. The van der Waals surface area contributed by atoms with E-state index >= 15 is 0 Å². The topological polar surface area (TPSA) is 20.2 Å². The Labute approximate surface area is 143 Å². The van der Waals surface area contributed by atoms with E-state index in [-0.39, 0.29) is 23.1 Å². The number of hydrogen-bond acceptors (Lipinski definition) is 1. The number of rotatable bonds is 10. The van der Waals surface area contributed by atoms with E-state index in [1.54, 1.807) is 0 Å². The quantitative estimate of drug-likeness (QED) is 0.460. The second-order valence-electron chi connectivity index (χ2n) is 7.40. The predicted molar refractivity (Wildman–Crippen MR) is 87.8 cm³/mol. The molecule has 1 N–H and O–H groups in total. The molecule has 0 aromatic rings. The average Bonchev–Trinajstić information content (AvgIpc) is 2.42. The van der Waals surface area contributed by atoms with E-state index in [0.29, 0.717) is 6.04 Å². The Balaban J connectivity index is 0.00000400. The van der Waals surface area contributed by atoms with E-state index in [0.717, 1.165) is 10.9 Å². The van der Waals surface area contributed by atoms with Gasteiger partial charge < -0.3 is 26.6 Å². The van der Waals surface area contributed by atoms with Gasteiger partial charge >= 0.3 is 0 Å². The van der Waals surface area contributed by atoms with Crippen LogP contribution in [0.25, 0.3) is 0 Å². The first-order valence-electron chi connectivity index (χ1n) is 9.08. The van der Waals surface area contributed by atoms with Crippen molar-refractivity contribution in [3.63, 3.8) is 0 Å². The molecule has 2 unspecified atom stereocenters. The Morgan fingerprint density at radius 2 is 1.38 bits per heavy atom. The van der Waals surface area contributed by atoms with E-state index in [1.165, 1.54) is 77.2 Å². The van der Waals surface area contributed by atoms with E-state index in [9.17, 15) is 5.11 Å². The summed E-state index contributed by atoms with van der Waals surface area (Å²) in [6.45, 7) is 3.51. The zero-order chi connectivity index (χ0) is 14.8. The molecule has 3 heteroatoms. The van der Waals surface area contributed by atoms with Crippen LogP contribution in [0.3, 0.4) is 0 Å². The van der Waals surface area contributed by atoms with Crippen LogP contribution in [0.4, 0.5) is 0 Å². The third-order valence-electron chi connectivity index (χ3n) is 5.18. The Morgan fingerprint density at radius 3 is 1.95 bits per heavy atom. The normalized spacial score (nSPS) is 22.9. The summed E-state index contributed by atoms with van der Waals surface area (Å²) in [7, 11) is 4.64. The number of likely N-dealkylation sites (N-methyl/N-ethyl adjacent to an activating group) is 1. The summed E-state index contributed by atoms with van der Waals surface area (Å²) in [5.74, 6) is 0. The predicted octanol–water partition coefficient (Wildman–Crippen LogP) is 1.51. The first-order valence-corrected chi connectivity index (χ1v) is 9.08. The van der Waals surface area contributed by atoms with E-state index in [2.05, 4.69) is 21.0 Å². The molecule has 0 amide bonds. The fourth-order valence-corrected chi connectivity index (χ4v) is 3.73. The van der Waals surface area contributed by atoms with E-state index in [1.807, 2.05) is 0 Å². The molecule has 2 nitrogen and oxygen atoms in total. The number of quaternary nitrogens is 1. The SMILES string of the molecule is CCCCCCCCCC[N+](C)(C)C1CCCCC1O.[Br-]. The zero-order valence-corrected chi connectivity index (χ0v) is 16.2. The summed E-state index contributed by atoms with van der Waals surface area (Å²) >= 11 is 0. The fraction of sp³-hybridized carbons (Fsp3) is 1.00. The highest BCUT2D eigenvalue weighted by Gasteiger charge is 2.35. The van der Waals surface area contributed by atoms with Gasteiger partial charge in [0.15, 0.2) is 0 Å². The van der Waals surface area contributed by atoms with Crippen molar-refractivity contribution in [2.75, 3.05) is 20.6 Å². The molecule has 0 saturated heterocycles. The van der Waals surface area contributed by atoms with E-state index < -0.39 is 0 Å². The highest BCUT2D eigenvalue weighted by atomic mass is 79.9. The molecule has 0 bridgehead atoms. The van der Waals surface area contributed by atoms with Gasteiger partial charge in [0.1, 0.15) is 12.1 Å². The lowest BCUT2D eigenvalue weighted by molar-refractivity contribution is -0.920. The molecule has 128 valence electrons. The van der Waals surface area contributed by atoms with Gasteiger partial charge in [0.25, 0.3) is 0 Å². The minimum Gasteiger partial charge on any atom is -1.00 e. The van der Waals surface area contributed by atoms with Gasteiger partial charge in [-0.2, -0.15) is 0 Å². The van der Waals surface area contributed by atoms with Gasteiger partial charge in [-0.3, -0.25) is 0 Å².